The Labute approximate surface area is 131 Å². The van der Waals surface area contributed by atoms with Crippen LogP contribution < -0.4 is 10.2 Å². The van der Waals surface area contributed by atoms with E-state index in [9.17, 15) is 0 Å². The van der Waals surface area contributed by atoms with Gasteiger partial charge in [0.15, 0.2) is 5.13 Å². The SMILES string of the molecule is CCCNCc1sc(N(C)Cc2ccccn2)nc1CC. The van der Waals surface area contributed by atoms with Gasteiger partial charge < -0.3 is 10.2 Å². The lowest BCUT2D eigenvalue weighted by Gasteiger charge is -2.14. The van der Waals surface area contributed by atoms with Crippen LogP contribution in [0, 0.1) is 0 Å². The summed E-state index contributed by atoms with van der Waals surface area (Å²) in [5.41, 5.74) is 2.28. The molecule has 0 bridgehead atoms. The standard InChI is InChI=1S/C16H24N4S/c1-4-9-17-11-15-14(5-2)19-16(21-15)20(3)12-13-8-6-7-10-18-13/h6-8,10,17H,4-5,9,11-12H2,1-3H3. The molecule has 114 valence electrons. The maximum Gasteiger partial charge on any atom is 0.185 e. The molecule has 0 aromatic carbocycles. The molecule has 0 spiro atoms. The molecule has 0 amide bonds. The first-order chi connectivity index (χ1) is 10.2. The highest BCUT2D eigenvalue weighted by Gasteiger charge is 2.13. The smallest absolute Gasteiger partial charge is 0.185 e. The molecule has 0 fully saturated rings. The fraction of sp³-hybridized carbons (Fsp3) is 0.500. The van der Waals surface area contributed by atoms with E-state index in [1.165, 1.54) is 10.6 Å². The van der Waals surface area contributed by atoms with Gasteiger partial charge in [0.1, 0.15) is 0 Å². The molecule has 4 nitrogen and oxygen atoms in total. The lowest BCUT2D eigenvalue weighted by atomic mass is 10.3. The highest BCUT2D eigenvalue weighted by atomic mass is 32.1. The van der Waals surface area contributed by atoms with E-state index in [0.29, 0.717) is 0 Å². The maximum absolute atomic E-state index is 4.78. The van der Waals surface area contributed by atoms with E-state index in [-0.39, 0.29) is 0 Å². The van der Waals surface area contributed by atoms with Crippen molar-refractivity contribution in [3.8, 4) is 0 Å². The van der Waals surface area contributed by atoms with Crippen molar-refractivity contribution >= 4 is 16.5 Å². The lowest BCUT2D eigenvalue weighted by Crippen LogP contribution is -2.16. The maximum atomic E-state index is 4.78. The van der Waals surface area contributed by atoms with Gasteiger partial charge in [-0.1, -0.05) is 19.9 Å². The van der Waals surface area contributed by atoms with E-state index in [4.69, 9.17) is 4.98 Å². The molecule has 0 saturated carbocycles. The predicted octanol–water partition coefficient (Wildman–Crippen LogP) is 3.24. The van der Waals surface area contributed by atoms with Crippen LogP contribution in [0.4, 0.5) is 5.13 Å². The van der Waals surface area contributed by atoms with Gasteiger partial charge in [-0.15, -0.1) is 11.3 Å². The third-order valence-corrected chi connectivity index (χ3v) is 4.48. The number of nitrogens with one attached hydrogen (secondary N) is 1. The van der Waals surface area contributed by atoms with E-state index >= 15 is 0 Å². The molecule has 0 unspecified atom stereocenters. The van der Waals surface area contributed by atoms with Crippen molar-refractivity contribution in [2.45, 2.75) is 39.8 Å². The van der Waals surface area contributed by atoms with Gasteiger partial charge >= 0.3 is 0 Å². The molecule has 5 heteroatoms. The number of pyridine rings is 1. The third kappa shape index (κ3) is 4.51. The first kappa shape index (κ1) is 15.9. The second-order valence-electron chi connectivity index (χ2n) is 5.07. The summed E-state index contributed by atoms with van der Waals surface area (Å²) in [5, 5.41) is 4.54. The van der Waals surface area contributed by atoms with Crippen LogP contribution in [0.1, 0.15) is 36.5 Å². The summed E-state index contributed by atoms with van der Waals surface area (Å²) in [6.45, 7) is 7.12. The summed E-state index contributed by atoms with van der Waals surface area (Å²) in [6.07, 6.45) is 3.98. The molecular formula is C16H24N4S. The molecule has 1 N–H and O–H groups in total. The Hall–Kier alpha value is -1.46. The molecule has 0 aliphatic carbocycles. The number of nitrogens with zero attached hydrogens (tertiary/aromatic N) is 3. The fourth-order valence-electron chi connectivity index (χ4n) is 2.13. The summed E-state index contributed by atoms with van der Waals surface area (Å²) in [6, 6.07) is 6.02. The predicted molar refractivity (Wildman–Crippen MR) is 89.8 cm³/mol. The molecule has 0 radical (unpaired) electrons. The molecule has 2 aromatic heterocycles. The van der Waals surface area contributed by atoms with E-state index in [2.05, 4.69) is 42.2 Å². The normalized spacial score (nSPS) is 10.8. The van der Waals surface area contributed by atoms with Gasteiger partial charge in [-0.25, -0.2) is 4.98 Å². The van der Waals surface area contributed by atoms with Crippen molar-refractivity contribution in [3.63, 3.8) is 0 Å². The molecular weight excluding hydrogens is 280 g/mol. The van der Waals surface area contributed by atoms with Crippen molar-refractivity contribution in [2.24, 2.45) is 0 Å². The van der Waals surface area contributed by atoms with Crippen molar-refractivity contribution in [1.82, 2.24) is 15.3 Å². The van der Waals surface area contributed by atoms with E-state index < -0.39 is 0 Å². The van der Waals surface area contributed by atoms with E-state index in [1.807, 2.05) is 18.3 Å². The minimum Gasteiger partial charge on any atom is -0.345 e. The molecule has 2 heterocycles. The Morgan fingerprint density at radius 1 is 1.29 bits per heavy atom. The molecule has 0 aliphatic heterocycles. The second-order valence-corrected chi connectivity index (χ2v) is 6.14. The third-order valence-electron chi connectivity index (χ3n) is 3.27. The van der Waals surface area contributed by atoms with Crippen molar-refractivity contribution < 1.29 is 0 Å². The highest BCUT2D eigenvalue weighted by molar-refractivity contribution is 7.15. The van der Waals surface area contributed by atoms with E-state index in [0.717, 1.165) is 43.3 Å². The Balaban J connectivity index is 2.05. The van der Waals surface area contributed by atoms with Crippen LogP contribution in [0.3, 0.4) is 0 Å². The van der Waals surface area contributed by atoms with Gasteiger partial charge in [-0.05, 0) is 31.5 Å². The highest BCUT2D eigenvalue weighted by Crippen LogP contribution is 2.26. The van der Waals surface area contributed by atoms with E-state index in [1.54, 1.807) is 11.3 Å². The summed E-state index contributed by atoms with van der Waals surface area (Å²) in [7, 11) is 2.08. The van der Waals surface area contributed by atoms with Crippen LogP contribution in [0.15, 0.2) is 24.4 Å². The van der Waals surface area contributed by atoms with Crippen LogP contribution in [0.25, 0.3) is 0 Å². The number of hydrogen-bond acceptors (Lipinski definition) is 5. The van der Waals surface area contributed by atoms with Gasteiger partial charge in [-0.3, -0.25) is 4.98 Å². The fourth-order valence-corrected chi connectivity index (χ4v) is 3.21. The zero-order chi connectivity index (χ0) is 15.1. The quantitative estimate of drug-likeness (QED) is 0.760. The van der Waals surface area contributed by atoms with Crippen LogP contribution in [-0.4, -0.2) is 23.6 Å². The Bertz CT molecular complexity index is 538. The topological polar surface area (TPSA) is 41.0 Å². The van der Waals surface area contributed by atoms with Crippen molar-refractivity contribution in [3.05, 3.63) is 40.7 Å². The average Bonchev–Trinajstić information content (AvgIpc) is 2.92. The number of thiazole rings is 1. The Morgan fingerprint density at radius 2 is 2.14 bits per heavy atom. The zero-order valence-corrected chi connectivity index (χ0v) is 13.9. The van der Waals surface area contributed by atoms with Crippen LogP contribution in [-0.2, 0) is 19.5 Å². The lowest BCUT2D eigenvalue weighted by molar-refractivity contribution is 0.676. The summed E-state index contributed by atoms with van der Waals surface area (Å²) in [4.78, 5) is 12.7. The van der Waals surface area contributed by atoms with Gasteiger partial charge in [0, 0.05) is 24.7 Å². The number of hydrogen-bond donors (Lipinski definition) is 1. The van der Waals surface area contributed by atoms with Gasteiger partial charge in [0.25, 0.3) is 0 Å². The number of rotatable bonds is 8. The van der Waals surface area contributed by atoms with Gasteiger partial charge in [0.2, 0.25) is 0 Å². The van der Waals surface area contributed by atoms with Gasteiger partial charge in [0.05, 0.1) is 17.9 Å². The molecule has 21 heavy (non-hydrogen) atoms. The number of aryl methyl sites for hydroxylation is 1. The number of anilines is 1. The van der Waals surface area contributed by atoms with Crippen molar-refractivity contribution in [2.75, 3.05) is 18.5 Å². The zero-order valence-electron chi connectivity index (χ0n) is 13.1. The Kier molecular flexibility index (Phi) is 6.14. The molecule has 0 atom stereocenters. The molecule has 2 rings (SSSR count). The van der Waals surface area contributed by atoms with Crippen LogP contribution in [0.2, 0.25) is 0 Å². The first-order valence-corrected chi connectivity index (χ1v) is 8.36. The summed E-state index contributed by atoms with van der Waals surface area (Å²) >= 11 is 1.79. The monoisotopic (exact) mass is 304 g/mol. The molecule has 0 saturated heterocycles. The van der Waals surface area contributed by atoms with Crippen LogP contribution in [0.5, 0.6) is 0 Å². The first-order valence-electron chi connectivity index (χ1n) is 7.54. The minimum absolute atomic E-state index is 0.791. The second kappa shape index (κ2) is 8.10. The van der Waals surface area contributed by atoms with Crippen LogP contribution >= 0.6 is 11.3 Å². The average molecular weight is 304 g/mol. The molecule has 0 aliphatic rings. The summed E-state index contributed by atoms with van der Waals surface area (Å²) in [5.74, 6) is 0. The number of aromatic nitrogens is 2. The Morgan fingerprint density at radius 3 is 2.81 bits per heavy atom. The summed E-state index contributed by atoms with van der Waals surface area (Å²) < 4.78 is 0. The van der Waals surface area contributed by atoms with Crippen molar-refractivity contribution in [1.29, 1.82) is 0 Å². The van der Waals surface area contributed by atoms with Gasteiger partial charge in [-0.2, -0.15) is 0 Å². The minimum atomic E-state index is 0.791. The largest absolute Gasteiger partial charge is 0.345 e. The molecule has 2 aromatic rings.